The molecule has 0 unspecified atom stereocenters. The number of aromatic nitrogens is 1. The Morgan fingerprint density at radius 3 is 2.53 bits per heavy atom. The molecule has 1 aromatic heterocycles. The molecule has 1 heterocycles. The van der Waals surface area contributed by atoms with Crippen molar-refractivity contribution >= 4 is 55.9 Å². The van der Waals surface area contributed by atoms with E-state index in [1.165, 1.54) is 11.3 Å². The average Bonchev–Trinajstić information content (AvgIpc) is 2.79. The molecule has 0 spiro atoms. The first-order chi connectivity index (χ1) is 8.75. The number of rotatable bonds is 2. The largest absolute Gasteiger partial charge is 0.289 e. The van der Waals surface area contributed by atoms with Crippen LogP contribution in [0, 0.1) is 0 Å². The van der Waals surface area contributed by atoms with Crippen LogP contribution in [0.5, 0.6) is 0 Å². The Kier molecular flexibility index (Phi) is 4.34. The molecule has 0 saturated heterocycles. The molecule has 0 amide bonds. The Morgan fingerprint density at radius 1 is 1.05 bits per heavy atom. The number of para-hydroxylation sites is 1. The highest BCUT2D eigenvalue weighted by Crippen LogP contribution is 2.28. The lowest BCUT2D eigenvalue weighted by molar-refractivity contribution is 0.104. The van der Waals surface area contributed by atoms with Gasteiger partial charge in [0.1, 0.15) is 0 Å². The minimum Gasteiger partial charge on any atom is -0.289 e. The van der Waals surface area contributed by atoms with Gasteiger partial charge in [-0.05, 0) is 12.1 Å². The number of ketones is 1. The van der Waals surface area contributed by atoms with Gasteiger partial charge in [0, 0.05) is 11.1 Å². The first-order valence-electron chi connectivity index (χ1n) is 5.40. The molecule has 0 atom stereocenters. The van der Waals surface area contributed by atoms with Crippen molar-refractivity contribution in [3.05, 3.63) is 64.1 Å². The third-order valence-electron chi connectivity index (χ3n) is 2.67. The lowest BCUT2D eigenvalue weighted by Gasteiger charge is -2.01. The molecule has 0 radical (unpaired) electrons. The van der Waals surface area contributed by atoms with E-state index in [1.54, 1.807) is 18.2 Å². The predicted octanol–water partition coefficient (Wildman–Crippen LogP) is 4.76. The fraction of sp³-hybridized carbons (Fsp3) is 0. The van der Waals surface area contributed by atoms with Crippen LogP contribution in [0.1, 0.15) is 15.9 Å². The topological polar surface area (TPSA) is 30.0 Å². The molecule has 0 fully saturated rings. The van der Waals surface area contributed by atoms with Crippen molar-refractivity contribution in [1.82, 2.24) is 4.98 Å². The highest BCUT2D eigenvalue weighted by atomic mass is 79.9. The van der Waals surface area contributed by atoms with Gasteiger partial charge in [0.05, 0.1) is 10.2 Å². The summed E-state index contributed by atoms with van der Waals surface area (Å²) in [6, 6.07) is 14.7. The molecular formula is C14H9BrClNOS. The molecule has 0 aliphatic rings. The first-order valence-corrected chi connectivity index (χ1v) is 6.60. The lowest BCUT2D eigenvalue weighted by Crippen LogP contribution is -2.01. The van der Waals surface area contributed by atoms with Crippen molar-refractivity contribution < 1.29 is 4.79 Å². The van der Waals surface area contributed by atoms with E-state index in [9.17, 15) is 4.79 Å². The van der Waals surface area contributed by atoms with Crippen molar-refractivity contribution in [3.63, 3.8) is 0 Å². The number of carbonyl (C=O) groups excluding carboxylic acids is 1. The van der Waals surface area contributed by atoms with E-state index in [0.717, 1.165) is 4.70 Å². The molecule has 0 aliphatic heterocycles. The highest BCUT2D eigenvalue weighted by molar-refractivity contribution is 8.93. The molecule has 0 aliphatic carbocycles. The first kappa shape index (κ1) is 14.2. The molecule has 2 aromatic carbocycles. The maximum Gasteiger partial charge on any atom is 0.195 e. The van der Waals surface area contributed by atoms with Crippen LogP contribution in [0.2, 0.25) is 4.47 Å². The summed E-state index contributed by atoms with van der Waals surface area (Å²) in [5.74, 6) is -0.0248. The van der Waals surface area contributed by atoms with Crippen LogP contribution in [0.15, 0.2) is 48.5 Å². The van der Waals surface area contributed by atoms with Gasteiger partial charge in [-0.3, -0.25) is 4.79 Å². The predicted molar refractivity (Wildman–Crippen MR) is 84.8 cm³/mol. The van der Waals surface area contributed by atoms with Crippen molar-refractivity contribution in [3.8, 4) is 0 Å². The van der Waals surface area contributed by atoms with Gasteiger partial charge >= 0.3 is 0 Å². The molecule has 3 rings (SSSR count). The quantitative estimate of drug-likeness (QED) is 0.621. The summed E-state index contributed by atoms with van der Waals surface area (Å²) in [6.07, 6.45) is 0. The van der Waals surface area contributed by atoms with Gasteiger partial charge in [0.25, 0.3) is 0 Å². The van der Waals surface area contributed by atoms with Gasteiger partial charge in [-0.25, -0.2) is 4.98 Å². The fourth-order valence-electron chi connectivity index (χ4n) is 1.85. The van der Waals surface area contributed by atoms with Gasteiger partial charge in [-0.15, -0.1) is 28.3 Å². The third kappa shape index (κ3) is 2.71. The molecule has 96 valence electrons. The summed E-state index contributed by atoms with van der Waals surface area (Å²) < 4.78 is 1.39. The number of halogens is 2. The van der Waals surface area contributed by atoms with Crippen molar-refractivity contribution in [2.24, 2.45) is 0 Å². The number of benzene rings is 2. The fourth-order valence-corrected chi connectivity index (χ4v) is 2.90. The average molecular weight is 355 g/mol. The molecule has 0 N–H and O–H groups in total. The molecule has 2 nitrogen and oxygen atoms in total. The third-order valence-corrected chi connectivity index (χ3v) is 3.80. The molecule has 0 bridgehead atoms. The molecule has 0 saturated carbocycles. The second-order valence-corrected chi connectivity index (χ2v) is 5.43. The lowest BCUT2D eigenvalue weighted by atomic mass is 10.0. The minimum absolute atomic E-state index is 0. The Bertz CT molecular complexity index is 727. The van der Waals surface area contributed by atoms with E-state index in [0.29, 0.717) is 21.1 Å². The summed E-state index contributed by atoms with van der Waals surface area (Å²) >= 11 is 7.28. The van der Waals surface area contributed by atoms with Crippen LogP contribution in [0.25, 0.3) is 10.2 Å². The molecule has 19 heavy (non-hydrogen) atoms. The van der Waals surface area contributed by atoms with Crippen LogP contribution in [-0.4, -0.2) is 10.8 Å². The Morgan fingerprint density at radius 2 is 1.79 bits per heavy atom. The maximum atomic E-state index is 12.4. The Balaban J connectivity index is 0.00000133. The zero-order valence-electron chi connectivity index (χ0n) is 9.67. The van der Waals surface area contributed by atoms with Gasteiger partial charge in [0.15, 0.2) is 10.3 Å². The number of fused-ring (bicyclic) bond motifs is 1. The van der Waals surface area contributed by atoms with E-state index in [-0.39, 0.29) is 22.8 Å². The van der Waals surface area contributed by atoms with Crippen LogP contribution < -0.4 is 0 Å². The van der Waals surface area contributed by atoms with Crippen LogP contribution in [-0.2, 0) is 0 Å². The smallest absolute Gasteiger partial charge is 0.195 e. The van der Waals surface area contributed by atoms with Crippen molar-refractivity contribution in [1.29, 1.82) is 0 Å². The van der Waals surface area contributed by atoms with Gasteiger partial charge in [-0.2, -0.15) is 0 Å². The zero-order valence-corrected chi connectivity index (χ0v) is 13.0. The van der Waals surface area contributed by atoms with Gasteiger partial charge in [-0.1, -0.05) is 48.0 Å². The van der Waals surface area contributed by atoms with Crippen LogP contribution >= 0.6 is 39.9 Å². The van der Waals surface area contributed by atoms with E-state index >= 15 is 0 Å². The van der Waals surface area contributed by atoms with E-state index < -0.39 is 0 Å². The highest BCUT2D eigenvalue weighted by Gasteiger charge is 2.14. The molecule has 3 aromatic rings. The van der Waals surface area contributed by atoms with Gasteiger partial charge < -0.3 is 0 Å². The number of carbonyl (C=O) groups is 1. The van der Waals surface area contributed by atoms with Gasteiger partial charge in [0.2, 0.25) is 0 Å². The standard InChI is InChI=1S/C14H8ClNOS.BrH/c15-14-16-12-10(7-4-8-11(12)18-14)13(17)9-5-2-1-3-6-9;/h1-8H;1H. The normalized spacial score (nSPS) is 10.2. The minimum atomic E-state index is -0.0248. The van der Waals surface area contributed by atoms with Crippen molar-refractivity contribution in [2.75, 3.05) is 0 Å². The maximum absolute atomic E-state index is 12.4. The monoisotopic (exact) mass is 353 g/mol. The number of thiazole rings is 1. The number of hydrogen-bond acceptors (Lipinski definition) is 3. The Hall–Kier alpha value is -1.23. The van der Waals surface area contributed by atoms with E-state index in [2.05, 4.69) is 4.98 Å². The van der Waals surface area contributed by atoms with Crippen LogP contribution in [0.3, 0.4) is 0 Å². The SMILES string of the molecule is Br.O=C(c1ccccc1)c1cccc2sc(Cl)nc12. The summed E-state index contributed by atoms with van der Waals surface area (Å²) in [7, 11) is 0. The molecular weight excluding hydrogens is 346 g/mol. The summed E-state index contributed by atoms with van der Waals surface area (Å²) in [6.45, 7) is 0. The number of nitrogens with zero attached hydrogens (tertiary/aromatic N) is 1. The summed E-state index contributed by atoms with van der Waals surface area (Å²) in [5, 5.41) is 0. The second-order valence-electron chi connectivity index (χ2n) is 3.81. The summed E-state index contributed by atoms with van der Waals surface area (Å²) in [4.78, 5) is 16.6. The number of hydrogen-bond donors (Lipinski definition) is 0. The van der Waals surface area contributed by atoms with E-state index in [1.807, 2.05) is 30.3 Å². The second kappa shape index (κ2) is 5.82. The summed E-state index contributed by atoms with van der Waals surface area (Å²) in [5.41, 5.74) is 1.94. The van der Waals surface area contributed by atoms with E-state index in [4.69, 9.17) is 11.6 Å². The van der Waals surface area contributed by atoms with Crippen LogP contribution in [0.4, 0.5) is 0 Å². The Labute approximate surface area is 129 Å². The zero-order chi connectivity index (χ0) is 12.5. The molecule has 5 heteroatoms. The van der Waals surface area contributed by atoms with Crippen molar-refractivity contribution in [2.45, 2.75) is 0 Å².